The molecule has 1 aliphatic heterocycles. The van der Waals surface area contributed by atoms with Crippen LogP contribution in [-0.2, 0) is 0 Å². The van der Waals surface area contributed by atoms with Gasteiger partial charge >= 0.3 is 0 Å². The molecule has 0 radical (unpaired) electrons. The summed E-state index contributed by atoms with van der Waals surface area (Å²) < 4.78 is 0. The number of nitriles is 1. The van der Waals surface area contributed by atoms with Crippen LogP contribution < -0.4 is 5.32 Å². The maximum absolute atomic E-state index is 9.25. The number of piperazine rings is 1. The molecule has 0 aromatic heterocycles. The number of nitrogens with one attached hydrogen (secondary N) is 1. The standard InChI is InChI=1S/C15H30N4/c1-5-14(3)19-11-9-18(10-12-19)8-7-15(4,13-16)17-6-2/h14,17H,5-12H2,1-4H3. The van der Waals surface area contributed by atoms with Crippen LogP contribution in [0.4, 0.5) is 0 Å². The van der Waals surface area contributed by atoms with Crippen LogP contribution in [0.25, 0.3) is 0 Å². The lowest BCUT2D eigenvalue weighted by molar-refractivity contribution is 0.0962. The van der Waals surface area contributed by atoms with Gasteiger partial charge in [0.15, 0.2) is 0 Å². The third-order valence-corrected chi connectivity index (χ3v) is 4.36. The molecule has 0 amide bonds. The van der Waals surface area contributed by atoms with E-state index in [9.17, 15) is 5.26 Å². The second-order valence-corrected chi connectivity index (χ2v) is 5.86. The molecule has 0 bridgehead atoms. The largest absolute Gasteiger partial charge is 0.301 e. The summed E-state index contributed by atoms with van der Waals surface area (Å²) in [5.74, 6) is 0. The number of hydrogen-bond donors (Lipinski definition) is 1. The maximum atomic E-state index is 9.25. The van der Waals surface area contributed by atoms with Crippen LogP contribution in [-0.4, -0.2) is 60.6 Å². The summed E-state index contributed by atoms with van der Waals surface area (Å²) in [6, 6.07) is 3.11. The van der Waals surface area contributed by atoms with E-state index in [1.165, 1.54) is 19.5 Å². The lowest BCUT2D eigenvalue weighted by Crippen LogP contribution is -2.51. The minimum Gasteiger partial charge on any atom is -0.301 e. The monoisotopic (exact) mass is 266 g/mol. The van der Waals surface area contributed by atoms with E-state index in [-0.39, 0.29) is 5.54 Å². The van der Waals surface area contributed by atoms with Crippen LogP contribution >= 0.6 is 0 Å². The Hall–Kier alpha value is -0.630. The predicted octanol–water partition coefficient (Wildman–Crippen LogP) is 1.68. The van der Waals surface area contributed by atoms with Crippen molar-refractivity contribution in [1.29, 1.82) is 5.26 Å². The molecule has 1 heterocycles. The van der Waals surface area contributed by atoms with Crippen LogP contribution in [0.3, 0.4) is 0 Å². The van der Waals surface area contributed by atoms with E-state index in [0.717, 1.165) is 32.6 Å². The van der Waals surface area contributed by atoms with Crippen molar-refractivity contribution in [3.63, 3.8) is 0 Å². The number of rotatable bonds is 7. The van der Waals surface area contributed by atoms with Gasteiger partial charge in [0.2, 0.25) is 0 Å². The van der Waals surface area contributed by atoms with E-state index in [1.807, 2.05) is 6.92 Å². The summed E-state index contributed by atoms with van der Waals surface area (Å²) in [6.07, 6.45) is 2.13. The summed E-state index contributed by atoms with van der Waals surface area (Å²) in [4.78, 5) is 5.07. The summed E-state index contributed by atoms with van der Waals surface area (Å²) in [7, 11) is 0. The van der Waals surface area contributed by atoms with Gasteiger partial charge < -0.3 is 4.90 Å². The smallest absolute Gasteiger partial charge is 0.105 e. The molecule has 1 fully saturated rings. The normalized spacial score (nSPS) is 22.7. The fourth-order valence-electron chi connectivity index (χ4n) is 2.64. The predicted molar refractivity (Wildman–Crippen MR) is 80.1 cm³/mol. The zero-order valence-corrected chi connectivity index (χ0v) is 13.1. The first kappa shape index (κ1) is 16.4. The third kappa shape index (κ3) is 5.10. The maximum Gasteiger partial charge on any atom is 0.105 e. The molecule has 1 N–H and O–H groups in total. The van der Waals surface area contributed by atoms with Crippen molar-refractivity contribution in [3.8, 4) is 6.07 Å². The van der Waals surface area contributed by atoms with Crippen LogP contribution in [0.5, 0.6) is 0 Å². The molecule has 0 saturated carbocycles. The lowest BCUT2D eigenvalue weighted by atomic mass is 9.99. The highest BCUT2D eigenvalue weighted by Crippen LogP contribution is 2.13. The minimum atomic E-state index is -0.372. The molecule has 0 aromatic carbocycles. The van der Waals surface area contributed by atoms with Crippen molar-refractivity contribution in [2.45, 2.75) is 52.1 Å². The second-order valence-electron chi connectivity index (χ2n) is 5.86. The molecule has 4 nitrogen and oxygen atoms in total. The molecule has 0 aromatic rings. The van der Waals surface area contributed by atoms with Crippen LogP contribution in [0.15, 0.2) is 0 Å². The quantitative estimate of drug-likeness (QED) is 0.761. The van der Waals surface area contributed by atoms with E-state index in [2.05, 4.69) is 42.0 Å². The molecule has 1 rings (SSSR count). The lowest BCUT2D eigenvalue weighted by Gasteiger charge is -2.38. The molecule has 110 valence electrons. The van der Waals surface area contributed by atoms with Crippen LogP contribution in [0.1, 0.15) is 40.5 Å². The highest BCUT2D eigenvalue weighted by Gasteiger charge is 2.25. The van der Waals surface area contributed by atoms with Crippen LogP contribution in [0, 0.1) is 11.3 Å². The van der Waals surface area contributed by atoms with Gasteiger partial charge in [-0.1, -0.05) is 13.8 Å². The van der Waals surface area contributed by atoms with Gasteiger partial charge in [0.1, 0.15) is 5.54 Å². The summed E-state index contributed by atoms with van der Waals surface area (Å²) in [5.41, 5.74) is -0.372. The van der Waals surface area contributed by atoms with Gasteiger partial charge in [-0.3, -0.25) is 10.2 Å². The molecule has 1 saturated heterocycles. The molecular weight excluding hydrogens is 236 g/mol. The van der Waals surface area contributed by atoms with Gasteiger partial charge in [-0.15, -0.1) is 0 Å². The first-order valence-corrected chi connectivity index (χ1v) is 7.67. The van der Waals surface area contributed by atoms with Crippen molar-refractivity contribution >= 4 is 0 Å². The minimum absolute atomic E-state index is 0.372. The van der Waals surface area contributed by atoms with E-state index < -0.39 is 0 Å². The molecule has 2 atom stereocenters. The molecular formula is C15H30N4. The zero-order valence-electron chi connectivity index (χ0n) is 13.1. The molecule has 4 heteroatoms. The topological polar surface area (TPSA) is 42.3 Å². The Labute approximate surface area is 118 Å². The fourth-order valence-corrected chi connectivity index (χ4v) is 2.64. The first-order valence-electron chi connectivity index (χ1n) is 7.67. The number of hydrogen-bond acceptors (Lipinski definition) is 4. The van der Waals surface area contributed by atoms with Gasteiger partial charge in [-0.05, 0) is 33.2 Å². The van der Waals surface area contributed by atoms with E-state index in [4.69, 9.17) is 0 Å². The van der Waals surface area contributed by atoms with E-state index in [0.29, 0.717) is 6.04 Å². The molecule has 0 aliphatic carbocycles. The average Bonchev–Trinajstić information content (AvgIpc) is 2.45. The van der Waals surface area contributed by atoms with Crippen molar-refractivity contribution in [3.05, 3.63) is 0 Å². The summed E-state index contributed by atoms with van der Waals surface area (Å²) in [6.45, 7) is 15.1. The average molecular weight is 266 g/mol. The Bertz CT molecular complexity index is 291. The molecule has 1 aliphatic rings. The first-order chi connectivity index (χ1) is 9.04. The van der Waals surface area contributed by atoms with Gasteiger partial charge in [0.05, 0.1) is 6.07 Å². The van der Waals surface area contributed by atoms with Crippen LogP contribution in [0.2, 0.25) is 0 Å². The Morgan fingerprint density at radius 3 is 2.37 bits per heavy atom. The third-order valence-electron chi connectivity index (χ3n) is 4.36. The van der Waals surface area contributed by atoms with Crippen molar-refractivity contribution in [2.75, 3.05) is 39.3 Å². The van der Waals surface area contributed by atoms with Crippen molar-refractivity contribution < 1.29 is 0 Å². The highest BCUT2D eigenvalue weighted by molar-refractivity contribution is 5.03. The Morgan fingerprint density at radius 1 is 1.26 bits per heavy atom. The number of nitrogens with zero attached hydrogens (tertiary/aromatic N) is 3. The molecule has 0 spiro atoms. The fraction of sp³-hybridized carbons (Fsp3) is 0.933. The van der Waals surface area contributed by atoms with Gasteiger partial charge in [0.25, 0.3) is 0 Å². The van der Waals surface area contributed by atoms with Gasteiger partial charge in [0, 0.05) is 38.8 Å². The Balaban J connectivity index is 2.32. The van der Waals surface area contributed by atoms with Crippen molar-refractivity contribution in [2.24, 2.45) is 0 Å². The van der Waals surface area contributed by atoms with E-state index >= 15 is 0 Å². The van der Waals surface area contributed by atoms with Gasteiger partial charge in [-0.2, -0.15) is 5.26 Å². The summed E-state index contributed by atoms with van der Waals surface area (Å²) in [5, 5.41) is 12.5. The Morgan fingerprint density at radius 2 is 1.89 bits per heavy atom. The molecule has 2 unspecified atom stereocenters. The van der Waals surface area contributed by atoms with E-state index in [1.54, 1.807) is 0 Å². The zero-order chi connectivity index (χ0) is 14.3. The van der Waals surface area contributed by atoms with Gasteiger partial charge in [-0.25, -0.2) is 0 Å². The van der Waals surface area contributed by atoms with Crippen molar-refractivity contribution in [1.82, 2.24) is 15.1 Å². The highest BCUT2D eigenvalue weighted by atomic mass is 15.3. The second kappa shape index (κ2) is 7.84. The Kier molecular flexibility index (Phi) is 6.78. The summed E-state index contributed by atoms with van der Waals surface area (Å²) >= 11 is 0. The SMILES string of the molecule is CCNC(C)(C#N)CCN1CCN(C(C)CC)CC1. The molecule has 19 heavy (non-hydrogen) atoms.